The Kier molecular flexibility index (Phi) is 5.99. The van der Waals surface area contributed by atoms with Crippen LogP contribution in [0.25, 0.3) is 10.2 Å². The molecule has 0 aromatic carbocycles. The third-order valence-electron chi connectivity index (χ3n) is 4.82. The summed E-state index contributed by atoms with van der Waals surface area (Å²) in [5.74, 6) is -0.988. The summed E-state index contributed by atoms with van der Waals surface area (Å²) in [5.41, 5.74) is -1.13. The van der Waals surface area contributed by atoms with E-state index < -0.39 is 29.4 Å². The van der Waals surface area contributed by atoms with Crippen LogP contribution in [0.1, 0.15) is 61.1 Å². The standard InChI is InChI=1S/C20H23F3N2O4S/c1-19(2,3)29-18(27)25-7-5-11(6-8-25)14-9-13(20(21,22)23)16-15(24-14)12(10-30-16)17(26)28-4/h9-11H,5-8H2,1-4H3. The van der Waals surface area contributed by atoms with Gasteiger partial charge in [0.1, 0.15) is 5.60 Å². The van der Waals surface area contributed by atoms with Gasteiger partial charge in [0, 0.05) is 30.1 Å². The fourth-order valence-corrected chi connectivity index (χ4v) is 4.40. The van der Waals surface area contributed by atoms with Crippen LogP contribution in [0.3, 0.4) is 0 Å². The zero-order valence-electron chi connectivity index (χ0n) is 17.1. The summed E-state index contributed by atoms with van der Waals surface area (Å²) in [6.45, 7) is 6.03. The molecular weight excluding hydrogens is 421 g/mol. The zero-order valence-corrected chi connectivity index (χ0v) is 17.9. The van der Waals surface area contributed by atoms with Crippen LogP contribution in [-0.4, -0.2) is 47.7 Å². The molecule has 0 N–H and O–H groups in total. The van der Waals surface area contributed by atoms with E-state index >= 15 is 0 Å². The van der Waals surface area contributed by atoms with Crippen molar-refractivity contribution in [1.29, 1.82) is 0 Å². The second-order valence-corrected chi connectivity index (χ2v) is 9.03. The maximum Gasteiger partial charge on any atom is 0.417 e. The molecule has 2 aromatic heterocycles. The lowest BCUT2D eigenvalue weighted by atomic mass is 9.92. The Hall–Kier alpha value is -2.36. The van der Waals surface area contributed by atoms with Gasteiger partial charge < -0.3 is 14.4 Å². The Labute approximate surface area is 176 Å². The van der Waals surface area contributed by atoms with Gasteiger partial charge in [0.2, 0.25) is 0 Å². The number of alkyl halides is 3. The number of aromatic nitrogens is 1. The summed E-state index contributed by atoms with van der Waals surface area (Å²) in [4.78, 5) is 30.2. The highest BCUT2D eigenvalue weighted by Gasteiger charge is 2.37. The number of hydrogen-bond acceptors (Lipinski definition) is 6. The molecular formula is C20H23F3N2O4S. The van der Waals surface area contributed by atoms with Crippen LogP contribution in [-0.2, 0) is 15.7 Å². The Morgan fingerprint density at radius 3 is 2.37 bits per heavy atom. The summed E-state index contributed by atoms with van der Waals surface area (Å²) in [5, 5.41) is 1.34. The minimum atomic E-state index is -4.58. The van der Waals surface area contributed by atoms with Gasteiger partial charge in [-0.05, 0) is 39.7 Å². The molecule has 3 heterocycles. The Morgan fingerprint density at radius 2 is 1.83 bits per heavy atom. The maximum absolute atomic E-state index is 13.7. The second-order valence-electron chi connectivity index (χ2n) is 8.15. The average molecular weight is 444 g/mol. The number of amides is 1. The van der Waals surface area contributed by atoms with E-state index in [4.69, 9.17) is 4.74 Å². The van der Waals surface area contributed by atoms with Crippen molar-refractivity contribution in [2.75, 3.05) is 20.2 Å². The van der Waals surface area contributed by atoms with Gasteiger partial charge in [0.25, 0.3) is 0 Å². The number of likely N-dealkylation sites (tertiary alicyclic amines) is 1. The third-order valence-corrected chi connectivity index (χ3v) is 5.82. The van der Waals surface area contributed by atoms with Crippen LogP contribution in [0.2, 0.25) is 0 Å². The molecule has 30 heavy (non-hydrogen) atoms. The predicted molar refractivity (Wildman–Crippen MR) is 106 cm³/mol. The van der Waals surface area contributed by atoms with Gasteiger partial charge in [-0.15, -0.1) is 11.3 Å². The van der Waals surface area contributed by atoms with Crippen LogP contribution in [0.5, 0.6) is 0 Å². The lowest BCUT2D eigenvalue weighted by molar-refractivity contribution is -0.136. The zero-order chi connectivity index (χ0) is 22.3. The molecule has 10 heteroatoms. The number of piperidine rings is 1. The van der Waals surface area contributed by atoms with E-state index in [1.807, 2.05) is 0 Å². The molecule has 6 nitrogen and oxygen atoms in total. The Balaban J connectivity index is 1.89. The van der Waals surface area contributed by atoms with Crippen LogP contribution >= 0.6 is 11.3 Å². The quantitative estimate of drug-likeness (QED) is 0.595. The fraction of sp³-hybridized carbons (Fsp3) is 0.550. The SMILES string of the molecule is COC(=O)c1csc2c(C(F)(F)F)cc(C3CCN(C(=O)OC(C)(C)C)CC3)nc12. The number of nitrogens with zero attached hydrogens (tertiary/aromatic N) is 2. The molecule has 2 aromatic rings. The summed E-state index contributed by atoms with van der Waals surface area (Å²) in [6, 6.07) is 1.06. The van der Waals surface area contributed by atoms with Gasteiger partial charge in [-0.3, -0.25) is 4.98 Å². The highest BCUT2D eigenvalue weighted by Crippen LogP contribution is 2.41. The molecule has 1 aliphatic heterocycles. The average Bonchev–Trinajstić information content (AvgIpc) is 3.08. The number of thiophene rings is 1. The van der Waals surface area contributed by atoms with E-state index in [1.54, 1.807) is 25.7 Å². The third kappa shape index (κ3) is 4.69. The number of pyridine rings is 1. The van der Waals surface area contributed by atoms with Crippen molar-refractivity contribution >= 4 is 33.6 Å². The van der Waals surface area contributed by atoms with Crippen molar-refractivity contribution in [3.05, 3.63) is 28.3 Å². The first-order valence-corrected chi connectivity index (χ1v) is 10.3. The van der Waals surface area contributed by atoms with E-state index in [1.165, 1.54) is 12.5 Å². The minimum absolute atomic E-state index is 0.00578. The van der Waals surface area contributed by atoms with Crippen molar-refractivity contribution in [3.63, 3.8) is 0 Å². The van der Waals surface area contributed by atoms with E-state index in [-0.39, 0.29) is 27.4 Å². The second kappa shape index (κ2) is 8.05. The van der Waals surface area contributed by atoms with Crippen molar-refractivity contribution in [2.45, 2.75) is 51.3 Å². The van der Waals surface area contributed by atoms with E-state index in [9.17, 15) is 22.8 Å². The van der Waals surface area contributed by atoms with Crippen LogP contribution in [0.15, 0.2) is 11.4 Å². The lowest BCUT2D eigenvalue weighted by Gasteiger charge is -2.33. The monoisotopic (exact) mass is 444 g/mol. The Morgan fingerprint density at radius 1 is 1.20 bits per heavy atom. The molecule has 0 saturated carbocycles. The highest BCUT2D eigenvalue weighted by atomic mass is 32.1. The molecule has 0 aliphatic carbocycles. The number of carbonyl (C=O) groups excluding carboxylic acids is 2. The van der Waals surface area contributed by atoms with Gasteiger partial charge in [-0.1, -0.05) is 0 Å². The smallest absolute Gasteiger partial charge is 0.417 e. The van der Waals surface area contributed by atoms with E-state index in [0.29, 0.717) is 25.9 Å². The Bertz CT molecular complexity index is 957. The molecule has 0 bridgehead atoms. The normalized spacial score (nSPS) is 16.0. The van der Waals surface area contributed by atoms with Gasteiger partial charge in [-0.2, -0.15) is 13.2 Å². The van der Waals surface area contributed by atoms with Crippen LogP contribution in [0, 0.1) is 0 Å². The summed E-state index contributed by atoms with van der Waals surface area (Å²) < 4.78 is 51.0. The van der Waals surface area contributed by atoms with Gasteiger partial charge in [-0.25, -0.2) is 9.59 Å². The van der Waals surface area contributed by atoms with Gasteiger partial charge >= 0.3 is 18.2 Å². The highest BCUT2D eigenvalue weighted by molar-refractivity contribution is 7.17. The van der Waals surface area contributed by atoms with Crippen molar-refractivity contribution < 1.29 is 32.2 Å². The lowest BCUT2D eigenvalue weighted by Crippen LogP contribution is -2.41. The largest absolute Gasteiger partial charge is 0.465 e. The number of esters is 1. The molecule has 0 radical (unpaired) electrons. The topological polar surface area (TPSA) is 68.7 Å². The molecule has 1 saturated heterocycles. The number of rotatable bonds is 2. The fourth-order valence-electron chi connectivity index (χ4n) is 3.39. The maximum atomic E-state index is 13.7. The van der Waals surface area contributed by atoms with Crippen molar-refractivity contribution in [2.24, 2.45) is 0 Å². The summed E-state index contributed by atoms with van der Waals surface area (Å²) in [6.07, 6.45) is -4.11. The predicted octanol–water partition coefficient (Wildman–Crippen LogP) is 5.22. The number of methoxy groups -OCH3 is 1. The van der Waals surface area contributed by atoms with Crippen molar-refractivity contribution in [1.82, 2.24) is 9.88 Å². The van der Waals surface area contributed by atoms with Crippen LogP contribution < -0.4 is 0 Å². The van der Waals surface area contributed by atoms with Gasteiger partial charge in [0.15, 0.2) is 0 Å². The first kappa shape index (κ1) is 22.3. The summed E-state index contributed by atoms with van der Waals surface area (Å²) >= 11 is 0.823. The molecule has 0 spiro atoms. The minimum Gasteiger partial charge on any atom is -0.465 e. The molecule has 1 fully saturated rings. The van der Waals surface area contributed by atoms with Gasteiger partial charge in [0.05, 0.1) is 28.5 Å². The van der Waals surface area contributed by atoms with E-state index in [2.05, 4.69) is 9.72 Å². The molecule has 1 amide bonds. The summed E-state index contributed by atoms with van der Waals surface area (Å²) in [7, 11) is 1.17. The molecule has 164 valence electrons. The molecule has 0 atom stereocenters. The van der Waals surface area contributed by atoms with Crippen molar-refractivity contribution in [3.8, 4) is 0 Å². The number of fused-ring (bicyclic) bond motifs is 1. The first-order valence-electron chi connectivity index (χ1n) is 9.46. The molecule has 3 rings (SSSR count). The first-order chi connectivity index (χ1) is 13.9. The number of hydrogen-bond donors (Lipinski definition) is 0. The molecule has 0 unspecified atom stereocenters. The number of carbonyl (C=O) groups is 2. The van der Waals surface area contributed by atoms with Crippen LogP contribution in [0.4, 0.5) is 18.0 Å². The number of ether oxygens (including phenoxy) is 2. The number of halogens is 3. The molecule has 1 aliphatic rings. The van der Waals surface area contributed by atoms with E-state index in [0.717, 1.165) is 17.4 Å².